The third kappa shape index (κ3) is 6.84. The largest absolute Gasteiger partial charge is 0.396 e. The second-order valence-corrected chi connectivity index (χ2v) is 6.19. The molecule has 114 valence electrons. The summed E-state index contributed by atoms with van der Waals surface area (Å²) in [6.45, 7) is 2.50. The summed E-state index contributed by atoms with van der Waals surface area (Å²) in [6.07, 6.45) is 4.30. The highest BCUT2D eigenvalue weighted by molar-refractivity contribution is 9.10. The van der Waals surface area contributed by atoms with Crippen LogP contribution in [-0.2, 0) is 0 Å². The fourth-order valence-corrected chi connectivity index (χ4v) is 2.75. The molecule has 0 heterocycles. The lowest BCUT2D eigenvalue weighted by molar-refractivity contribution is 0.269. The zero-order valence-corrected chi connectivity index (χ0v) is 14.2. The lowest BCUT2D eigenvalue weighted by Crippen LogP contribution is -2.26. The summed E-state index contributed by atoms with van der Waals surface area (Å²) in [5, 5.41) is 12.2. The second-order valence-electron chi connectivity index (χ2n) is 5.27. The van der Waals surface area contributed by atoms with Gasteiger partial charge < -0.3 is 15.3 Å². The van der Waals surface area contributed by atoms with Crippen LogP contribution in [0.25, 0.3) is 0 Å². The Morgan fingerprint density at radius 1 is 1.25 bits per heavy atom. The molecule has 1 atom stereocenters. The maximum atomic E-state index is 8.76. The van der Waals surface area contributed by atoms with Crippen LogP contribution in [0, 0.1) is 0 Å². The van der Waals surface area contributed by atoms with Gasteiger partial charge in [0.2, 0.25) is 0 Å². The van der Waals surface area contributed by atoms with Crippen molar-refractivity contribution in [3.63, 3.8) is 0 Å². The Hall–Kier alpha value is -0.420. The van der Waals surface area contributed by atoms with Crippen molar-refractivity contribution in [1.29, 1.82) is 0 Å². The van der Waals surface area contributed by atoms with Crippen molar-refractivity contribution in [2.75, 3.05) is 33.8 Å². The molecule has 1 unspecified atom stereocenters. The maximum absolute atomic E-state index is 8.76. The fourth-order valence-electron chi connectivity index (χ4n) is 2.33. The molecule has 0 aliphatic carbocycles. The van der Waals surface area contributed by atoms with Crippen molar-refractivity contribution in [3.8, 4) is 0 Å². The molecule has 0 radical (unpaired) electrons. The highest BCUT2D eigenvalue weighted by atomic mass is 79.9. The van der Waals surface area contributed by atoms with Crippen molar-refractivity contribution < 1.29 is 5.11 Å². The van der Waals surface area contributed by atoms with Gasteiger partial charge in [-0.15, -0.1) is 0 Å². The number of rotatable bonds is 10. The predicted molar refractivity (Wildman–Crippen MR) is 89.0 cm³/mol. The number of benzene rings is 1. The Morgan fingerprint density at radius 3 is 2.70 bits per heavy atom. The van der Waals surface area contributed by atoms with Crippen LogP contribution in [0.1, 0.15) is 37.3 Å². The summed E-state index contributed by atoms with van der Waals surface area (Å²) in [5.41, 5.74) is 1.33. The van der Waals surface area contributed by atoms with Gasteiger partial charge in [-0.05, 0) is 70.6 Å². The molecule has 1 aromatic carbocycles. The van der Waals surface area contributed by atoms with Crippen molar-refractivity contribution >= 4 is 15.9 Å². The molecule has 2 N–H and O–H groups in total. The third-order valence-electron chi connectivity index (χ3n) is 3.60. The lowest BCUT2D eigenvalue weighted by Gasteiger charge is -2.22. The predicted octanol–water partition coefficient (Wildman–Crippen LogP) is 3.19. The fraction of sp³-hybridized carbons (Fsp3) is 0.625. The minimum absolute atomic E-state index is 0.314. The molecule has 0 aliphatic rings. The third-order valence-corrected chi connectivity index (χ3v) is 4.09. The first-order chi connectivity index (χ1) is 9.67. The van der Waals surface area contributed by atoms with Gasteiger partial charge in [0.15, 0.2) is 0 Å². The van der Waals surface area contributed by atoms with Crippen molar-refractivity contribution in [2.45, 2.75) is 31.7 Å². The van der Waals surface area contributed by atoms with E-state index in [0.29, 0.717) is 12.6 Å². The molecule has 0 bridgehead atoms. The first kappa shape index (κ1) is 17.6. The highest BCUT2D eigenvalue weighted by Gasteiger charge is 2.10. The van der Waals surface area contributed by atoms with Crippen LogP contribution in [0.4, 0.5) is 0 Å². The molecule has 1 rings (SSSR count). The zero-order chi connectivity index (χ0) is 14.8. The number of hydrogen-bond acceptors (Lipinski definition) is 3. The summed E-state index contributed by atoms with van der Waals surface area (Å²) >= 11 is 3.53. The van der Waals surface area contributed by atoms with Gasteiger partial charge in [-0.3, -0.25) is 0 Å². The SMILES string of the molecule is CNC(CCN(C)CCCCCO)c1cccc(Br)c1. The molecule has 0 amide bonds. The Bertz CT molecular complexity index is 373. The van der Waals surface area contributed by atoms with Crippen LogP contribution in [0.2, 0.25) is 0 Å². The second kappa shape index (κ2) is 10.3. The van der Waals surface area contributed by atoms with Gasteiger partial charge in [0, 0.05) is 17.1 Å². The summed E-state index contributed by atoms with van der Waals surface area (Å²) in [4.78, 5) is 2.37. The minimum atomic E-state index is 0.314. The van der Waals surface area contributed by atoms with Crippen LogP contribution in [0.15, 0.2) is 28.7 Å². The first-order valence-corrected chi connectivity index (χ1v) is 8.18. The van der Waals surface area contributed by atoms with Gasteiger partial charge in [0.05, 0.1) is 0 Å². The van der Waals surface area contributed by atoms with E-state index in [1.165, 1.54) is 5.56 Å². The number of unbranched alkanes of at least 4 members (excludes halogenated alkanes) is 2. The van der Waals surface area contributed by atoms with Gasteiger partial charge in [0.25, 0.3) is 0 Å². The normalized spacial score (nSPS) is 12.8. The van der Waals surface area contributed by atoms with Crippen LogP contribution < -0.4 is 5.32 Å². The van der Waals surface area contributed by atoms with E-state index in [0.717, 1.165) is 43.2 Å². The molecule has 4 heteroatoms. The van der Waals surface area contributed by atoms with E-state index in [-0.39, 0.29) is 0 Å². The van der Waals surface area contributed by atoms with Crippen LogP contribution in [0.3, 0.4) is 0 Å². The van der Waals surface area contributed by atoms with Crippen molar-refractivity contribution in [1.82, 2.24) is 10.2 Å². The molecule has 3 nitrogen and oxygen atoms in total. The van der Waals surface area contributed by atoms with Crippen molar-refractivity contribution in [2.24, 2.45) is 0 Å². The van der Waals surface area contributed by atoms with Gasteiger partial charge in [-0.25, -0.2) is 0 Å². The minimum Gasteiger partial charge on any atom is -0.396 e. The molecule has 0 aliphatic heterocycles. The molecule has 1 aromatic rings. The lowest BCUT2D eigenvalue weighted by atomic mass is 10.0. The van der Waals surface area contributed by atoms with E-state index in [4.69, 9.17) is 5.11 Å². The molecular weight excluding hydrogens is 316 g/mol. The van der Waals surface area contributed by atoms with E-state index in [1.54, 1.807) is 0 Å². The van der Waals surface area contributed by atoms with Gasteiger partial charge in [0.1, 0.15) is 0 Å². The maximum Gasteiger partial charge on any atom is 0.0431 e. The zero-order valence-electron chi connectivity index (χ0n) is 12.6. The standard InChI is InChI=1S/C16H27BrN2O/c1-18-16(14-7-6-8-15(17)13-14)9-11-19(2)10-4-3-5-12-20/h6-8,13,16,18,20H,3-5,9-12H2,1-2H3. The number of aliphatic hydroxyl groups excluding tert-OH is 1. The van der Waals surface area contributed by atoms with Crippen LogP contribution in [0.5, 0.6) is 0 Å². The van der Waals surface area contributed by atoms with Gasteiger partial charge >= 0.3 is 0 Å². The molecule has 0 aromatic heterocycles. The monoisotopic (exact) mass is 342 g/mol. The van der Waals surface area contributed by atoms with Gasteiger partial charge in [-0.2, -0.15) is 0 Å². The average Bonchev–Trinajstić information content (AvgIpc) is 2.44. The van der Waals surface area contributed by atoms with E-state index in [2.05, 4.69) is 57.5 Å². The first-order valence-electron chi connectivity index (χ1n) is 7.39. The Morgan fingerprint density at radius 2 is 2.05 bits per heavy atom. The van der Waals surface area contributed by atoms with E-state index < -0.39 is 0 Å². The smallest absolute Gasteiger partial charge is 0.0431 e. The molecule has 20 heavy (non-hydrogen) atoms. The van der Waals surface area contributed by atoms with Crippen LogP contribution in [-0.4, -0.2) is 43.8 Å². The topological polar surface area (TPSA) is 35.5 Å². The summed E-state index contributed by atoms with van der Waals surface area (Å²) in [6, 6.07) is 8.90. The summed E-state index contributed by atoms with van der Waals surface area (Å²) in [5.74, 6) is 0. The Kier molecular flexibility index (Phi) is 9.10. The van der Waals surface area contributed by atoms with E-state index in [1.807, 2.05) is 7.05 Å². The van der Waals surface area contributed by atoms with E-state index >= 15 is 0 Å². The number of nitrogens with one attached hydrogen (secondary N) is 1. The Labute approximate surface area is 131 Å². The highest BCUT2D eigenvalue weighted by Crippen LogP contribution is 2.20. The summed E-state index contributed by atoms with van der Waals surface area (Å²) in [7, 11) is 4.19. The van der Waals surface area contributed by atoms with Crippen molar-refractivity contribution in [3.05, 3.63) is 34.3 Å². The Balaban J connectivity index is 2.34. The average molecular weight is 343 g/mol. The molecular formula is C16H27BrN2O. The molecule has 0 saturated carbocycles. The summed E-state index contributed by atoms with van der Waals surface area (Å²) < 4.78 is 1.13. The quantitative estimate of drug-likeness (QED) is 0.641. The number of hydrogen-bond donors (Lipinski definition) is 2. The molecule has 0 saturated heterocycles. The molecule has 0 fully saturated rings. The number of halogens is 1. The number of nitrogens with zero attached hydrogens (tertiary/aromatic N) is 1. The molecule has 0 spiro atoms. The number of aliphatic hydroxyl groups is 1. The van der Waals surface area contributed by atoms with E-state index in [9.17, 15) is 0 Å². The van der Waals surface area contributed by atoms with Crippen LogP contribution >= 0.6 is 15.9 Å². The van der Waals surface area contributed by atoms with Gasteiger partial charge in [-0.1, -0.05) is 28.1 Å².